The van der Waals surface area contributed by atoms with Gasteiger partial charge in [0.05, 0.1) is 6.33 Å². The lowest BCUT2D eigenvalue weighted by molar-refractivity contribution is 0.489. The van der Waals surface area contributed by atoms with Crippen molar-refractivity contribution >= 4 is 0 Å². The highest BCUT2D eigenvalue weighted by atomic mass is 15.1. The third-order valence-electron chi connectivity index (χ3n) is 3.72. The summed E-state index contributed by atoms with van der Waals surface area (Å²) < 4.78 is 2.17. The average molecular weight is 257 g/mol. The van der Waals surface area contributed by atoms with Crippen LogP contribution in [0.4, 0.5) is 0 Å². The Hall–Kier alpha value is -1.61. The second-order valence-electron chi connectivity index (χ2n) is 5.56. The summed E-state index contributed by atoms with van der Waals surface area (Å²) in [5.74, 6) is 0.842. The van der Waals surface area contributed by atoms with Crippen LogP contribution in [0.15, 0.2) is 30.7 Å². The number of aromatic nitrogens is 2. The van der Waals surface area contributed by atoms with Crippen LogP contribution in [0.25, 0.3) is 5.69 Å². The summed E-state index contributed by atoms with van der Waals surface area (Å²) >= 11 is 0. The van der Waals surface area contributed by atoms with E-state index in [1.54, 1.807) is 0 Å². The number of hydrogen-bond donors (Lipinski definition) is 1. The number of benzene rings is 1. The summed E-state index contributed by atoms with van der Waals surface area (Å²) in [6, 6.07) is 6.49. The molecular formula is C16H23N3. The Morgan fingerprint density at radius 1 is 1.26 bits per heavy atom. The van der Waals surface area contributed by atoms with Gasteiger partial charge in [-0.25, -0.2) is 4.98 Å². The fraction of sp³-hybridized carbons (Fsp3) is 0.438. The molecule has 102 valence electrons. The van der Waals surface area contributed by atoms with E-state index in [1.807, 2.05) is 12.5 Å². The van der Waals surface area contributed by atoms with Crippen LogP contribution in [0.1, 0.15) is 36.6 Å². The summed E-state index contributed by atoms with van der Waals surface area (Å²) in [6.45, 7) is 9.31. The normalized spacial score (nSPS) is 12.9. The Bertz CT molecular complexity index is 555. The minimum Gasteiger partial charge on any atom is -0.330 e. The summed E-state index contributed by atoms with van der Waals surface area (Å²) in [4.78, 5) is 4.32. The van der Waals surface area contributed by atoms with E-state index in [0.717, 1.165) is 0 Å². The van der Waals surface area contributed by atoms with E-state index >= 15 is 0 Å². The smallest absolute Gasteiger partial charge is 0.0994 e. The molecule has 1 unspecified atom stereocenters. The molecule has 2 N–H and O–H groups in total. The topological polar surface area (TPSA) is 43.8 Å². The van der Waals surface area contributed by atoms with Crippen molar-refractivity contribution in [3.8, 4) is 5.69 Å². The highest BCUT2D eigenvalue weighted by Crippen LogP contribution is 2.26. The van der Waals surface area contributed by atoms with E-state index in [1.165, 1.54) is 22.5 Å². The Labute approximate surface area is 115 Å². The first-order valence-corrected chi connectivity index (χ1v) is 6.84. The van der Waals surface area contributed by atoms with Gasteiger partial charge >= 0.3 is 0 Å². The maximum atomic E-state index is 5.93. The molecule has 0 aliphatic rings. The Kier molecular flexibility index (Phi) is 4.05. The van der Waals surface area contributed by atoms with E-state index < -0.39 is 0 Å². The Balaban J connectivity index is 2.49. The lowest BCUT2D eigenvalue weighted by Gasteiger charge is -2.21. The number of nitrogens with two attached hydrogens (primary N) is 1. The summed E-state index contributed by atoms with van der Waals surface area (Å²) in [6.07, 6.45) is 3.83. The summed E-state index contributed by atoms with van der Waals surface area (Å²) in [7, 11) is 0. The first-order valence-electron chi connectivity index (χ1n) is 6.84. The number of hydrogen-bond acceptors (Lipinski definition) is 2. The Morgan fingerprint density at radius 3 is 2.58 bits per heavy atom. The largest absolute Gasteiger partial charge is 0.330 e. The molecule has 3 nitrogen and oxygen atoms in total. The van der Waals surface area contributed by atoms with Crippen molar-refractivity contribution in [1.82, 2.24) is 9.55 Å². The van der Waals surface area contributed by atoms with Crippen LogP contribution in [-0.2, 0) is 0 Å². The van der Waals surface area contributed by atoms with Gasteiger partial charge in [-0.05, 0) is 31.4 Å². The molecule has 1 atom stereocenters. The van der Waals surface area contributed by atoms with Gasteiger partial charge in [0.1, 0.15) is 0 Å². The van der Waals surface area contributed by atoms with E-state index in [-0.39, 0.29) is 0 Å². The quantitative estimate of drug-likeness (QED) is 0.914. The van der Waals surface area contributed by atoms with Crippen molar-refractivity contribution in [2.24, 2.45) is 11.7 Å². The van der Waals surface area contributed by atoms with Gasteiger partial charge in [-0.15, -0.1) is 0 Å². The molecule has 1 aromatic carbocycles. The van der Waals surface area contributed by atoms with Crippen LogP contribution in [0.2, 0.25) is 0 Å². The molecule has 2 rings (SSSR count). The zero-order valence-corrected chi connectivity index (χ0v) is 12.2. The van der Waals surface area contributed by atoms with Crippen molar-refractivity contribution in [2.75, 3.05) is 6.54 Å². The lowest BCUT2D eigenvalue weighted by atomic mass is 9.92. The summed E-state index contributed by atoms with van der Waals surface area (Å²) in [5, 5.41) is 0. The number of aryl methyl sites for hydroxylation is 2. The lowest BCUT2D eigenvalue weighted by Crippen LogP contribution is -2.20. The van der Waals surface area contributed by atoms with Crippen molar-refractivity contribution in [2.45, 2.75) is 33.6 Å². The molecule has 1 aromatic heterocycles. The van der Waals surface area contributed by atoms with Crippen molar-refractivity contribution in [3.63, 3.8) is 0 Å². The van der Waals surface area contributed by atoms with Gasteiger partial charge in [-0.1, -0.05) is 31.5 Å². The second-order valence-corrected chi connectivity index (χ2v) is 5.56. The highest BCUT2D eigenvalue weighted by molar-refractivity contribution is 5.44. The molecule has 2 aromatic rings. The van der Waals surface area contributed by atoms with Crippen molar-refractivity contribution in [3.05, 3.63) is 47.5 Å². The van der Waals surface area contributed by atoms with Gasteiger partial charge in [0, 0.05) is 30.0 Å². The van der Waals surface area contributed by atoms with Gasteiger partial charge in [-0.3, -0.25) is 0 Å². The molecule has 0 amide bonds. The third-order valence-corrected chi connectivity index (χ3v) is 3.72. The zero-order chi connectivity index (χ0) is 14.0. The molecule has 0 saturated carbocycles. The molecule has 3 heteroatoms. The second kappa shape index (κ2) is 5.57. The molecule has 1 heterocycles. The van der Waals surface area contributed by atoms with Crippen LogP contribution < -0.4 is 5.73 Å². The third kappa shape index (κ3) is 2.71. The molecule has 0 aliphatic heterocycles. The molecule has 0 fully saturated rings. The molecule has 0 radical (unpaired) electrons. The van der Waals surface area contributed by atoms with Gasteiger partial charge in [0.2, 0.25) is 0 Å². The molecule has 0 bridgehead atoms. The molecule has 0 aliphatic carbocycles. The van der Waals surface area contributed by atoms with Gasteiger partial charge in [-0.2, -0.15) is 0 Å². The average Bonchev–Trinajstić information content (AvgIpc) is 2.78. The number of nitrogens with zero attached hydrogens (tertiary/aromatic N) is 2. The van der Waals surface area contributed by atoms with E-state index in [9.17, 15) is 0 Å². The molecule has 0 spiro atoms. The SMILES string of the molecule is Cc1ccc(-n2cncc2C(CN)C(C)C)c(C)c1. The minimum atomic E-state index is 0.336. The monoisotopic (exact) mass is 257 g/mol. The Morgan fingerprint density at radius 2 is 2.00 bits per heavy atom. The van der Waals surface area contributed by atoms with E-state index in [0.29, 0.717) is 18.4 Å². The fourth-order valence-electron chi connectivity index (χ4n) is 2.59. The van der Waals surface area contributed by atoms with Gasteiger partial charge in [0.15, 0.2) is 0 Å². The van der Waals surface area contributed by atoms with Crippen LogP contribution in [-0.4, -0.2) is 16.1 Å². The zero-order valence-electron chi connectivity index (χ0n) is 12.2. The van der Waals surface area contributed by atoms with E-state index in [4.69, 9.17) is 5.73 Å². The molecule has 19 heavy (non-hydrogen) atoms. The first-order chi connectivity index (χ1) is 9.04. The highest BCUT2D eigenvalue weighted by Gasteiger charge is 2.19. The minimum absolute atomic E-state index is 0.336. The van der Waals surface area contributed by atoms with Crippen LogP contribution in [0.5, 0.6) is 0 Å². The number of rotatable bonds is 4. The maximum Gasteiger partial charge on any atom is 0.0994 e. The maximum absolute atomic E-state index is 5.93. The number of imidazole rings is 1. The van der Waals surface area contributed by atoms with E-state index in [2.05, 4.69) is 55.4 Å². The predicted molar refractivity (Wildman–Crippen MR) is 79.7 cm³/mol. The van der Waals surface area contributed by atoms with Crippen molar-refractivity contribution in [1.29, 1.82) is 0 Å². The first kappa shape index (κ1) is 13.8. The summed E-state index contributed by atoms with van der Waals surface area (Å²) in [5.41, 5.74) is 10.9. The molecular weight excluding hydrogens is 234 g/mol. The molecule has 0 saturated heterocycles. The predicted octanol–water partition coefficient (Wildman–Crippen LogP) is 3.19. The fourth-order valence-corrected chi connectivity index (χ4v) is 2.59. The standard InChI is InChI=1S/C16H23N3/c1-11(2)14(8-17)16-9-18-10-19(16)15-6-5-12(3)7-13(15)4/h5-7,9-11,14H,8,17H2,1-4H3. The van der Waals surface area contributed by atoms with Crippen molar-refractivity contribution < 1.29 is 0 Å². The van der Waals surface area contributed by atoms with Gasteiger partial charge < -0.3 is 10.3 Å². The van der Waals surface area contributed by atoms with Crippen LogP contribution in [0, 0.1) is 19.8 Å². The van der Waals surface area contributed by atoms with Gasteiger partial charge in [0.25, 0.3) is 0 Å². The van der Waals surface area contributed by atoms with Crippen LogP contribution >= 0.6 is 0 Å². The van der Waals surface area contributed by atoms with Crippen LogP contribution in [0.3, 0.4) is 0 Å².